The molecular weight excluding hydrogens is 339 g/mol. The number of fused-ring (bicyclic) bond motifs is 2. The van der Waals surface area contributed by atoms with Crippen LogP contribution < -0.4 is 5.32 Å². The second-order valence-electron chi connectivity index (χ2n) is 6.81. The van der Waals surface area contributed by atoms with Crippen molar-refractivity contribution in [2.45, 2.75) is 26.3 Å². The maximum Gasteiger partial charge on any atom is 0.125 e. The second-order valence-corrected chi connectivity index (χ2v) is 6.81. The molecule has 0 spiro atoms. The molecule has 0 saturated carbocycles. The Morgan fingerprint density at radius 2 is 2.15 bits per heavy atom. The van der Waals surface area contributed by atoms with E-state index in [9.17, 15) is 4.39 Å². The lowest BCUT2D eigenvalue weighted by molar-refractivity contribution is 0.605. The van der Waals surface area contributed by atoms with Gasteiger partial charge in [-0.2, -0.15) is 5.10 Å². The zero-order valence-corrected chi connectivity index (χ0v) is 15.4. The smallest absolute Gasteiger partial charge is 0.125 e. The average Bonchev–Trinajstić information content (AvgIpc) is 3.27. The van der Waals surface area contributed by atoms with E-state index in [4.69, 9.17) is 0 Å². The molecule has 4 rings (SSSR count). The topological polar surface area (TPSA) is 45.6 Å². The van der Waals surface area contributed by atoms with Crippen molar-refractivity contribution in [1.82, 2.24) is 20.1 Å². The van der Waals surface area contributed by atoms with E-state index >= 15 is 0 Å². The summed E-state index contributed by atoms with van der Waals surface area (Å²) in [5.41, 5.74) is 5.11. The molecule has 5 heteroatoms. The number of aromatic nitrogens is 3. The first kappa shape index (κ1) is 17.3. The molecule has 4 aromatic rings. The zero-order chi connectivity index (χ0) is 18.8. The highest BCUT2D eigenvalue weighted by molar-refractivity contribution is 5.97. The first-order valence-electron chi connectivity index (χ1n) is 9.30. The van der Waals surface area contributed by atoms with Crippen LogP contribution in [-0.4, -0.2) is 21.3 Å². The van der Waals surface area contributed by atoms with Crippen LogP contribution in [0.15, 0.2) is 61.1 Å². The van der Waals surface area contributed by atoms with Gasteiger partial charge in [0.25, 0.3) is 0 Å². The van der Waals surface area contributed by atoms with E-state index in [0.717, 1.165) is 64.6 Å². The van der Waals surface area contributed by atoms with Gasteiger partial charge in [0.15, 0.2) is 0 Å². The van der Waals surface area contributed by atoms with Gasteiger partial charge in [-0.3, -0.25) is 4.68 Å². The summed E-state index contributed by atoms with van der Waals surface area (Å²) >= 11 is 0. The van der Waals surface area contributed by atoms with E-state index in [1.807, 2.05) is 23.1 Å². The fraction of sp³-hybridized carbons (Fsp3) is 0.227. The molecule has 0 bridgehead atoms. The average molecular weight is 362 g/mol. The second kappa shape index (κ2) is 7.27. The quantitative estimate of drug-likeness (QED) is 0.473. The summed E-state index contributed by atoms with van der Waals surface area (Å²) in [5, 5.41) is 9.97. The van der Waals surface area contributed by atoms with Crippen molar-refractivity contribution in [3.05, 3.63) is 66.9 Å². The highest BCUT2D eigenvalue weighted by Crippen LogP contribution is 2.31. The maximum atomic E-state index is 13.4. The largest absolute Gasteiger partial charge is 0.389 e. The molecule has 0 saturated heterocycles. The van der Waals surface area contributed by atoms with Crippen LogP contribution in [0.25, 0.3) is 32.9 Å². The van der Waals surface area contributed by atoms with E-state index < -0.39 is 0 Å². The van der Waals surface area contributed by atoms with Gasteiger partial charge in [-0.25, -0.2) is 4.39 Å². The number of aryl methyl sites for hydroxylation is 1. The summed E-state index contributed by atoms with van der Waals surface area (Å²) in [4.78, 5) is 3.15. The van der Waals surface area contributed by atoms with Gasteiger partial charge in [0, 0.05) is 53.3 Å². The van der Waals surface area contributed by atoms with Crippen molar-refractivity contribution in [3.8, 4) is 11.1 Å². The number of H-pyrrole nitrogens is 1. The van der Waals surface area contributed by atoms with E-state index in [1.165, 1.54) is 12.1 Å². The summed E-state index contributed by atoms with van der Waals surface area (Å²) in [6, 6.07) is 11.2. The predicted octanol–water partition coefficient (Wildman–Crippen LogP) is 5.23. The SMILES string of the molecule is C=C(CCn1ncc2cc(-c3c[nH]c4cc(F)ccc34)ccc21)NCCC. The van der Waals surface area contributed by atoms with Crippen LogP contribution in [0.1, 0.15) is 19.8 Å². The molecule has 138 valence electrons. The van der Waals surface area contributed by atoms with Crippen molar-refractivity contribution >= 4 is 21.8 Å². The number of allylic oxidation sites excluding steroid dienone is 1. The number of hydrogen-bond donors (Lipinski definition) is 2. The number of aromatic amines is 1. The van der Waals surface area contributed by atoms with Crippen molar-refractivity contribution in [1.29, 1.82) is 0 Å². The Morgan fingerprint density at radius 3 is 3.00 bits per heavy atom. The van der Waals surface area contributed by atoms with Gasteiger partial charge in [-0.05, 0) is 42.3 Å². The van der Waals surface area contributed by atoms with Crippen molar-refractivity contribution in [3.63, 3.8) is 0 Å². The lowest BCUT2D eigenvalue weighted by Crippen LogP contribution is -2.15. The highest BCUT2D eigenvalue weighted by atomic mass is 19.1. The molecule has 0 aliphatic rings. The Morgan fingerprint density at radius 1 is 1.26 bits per heavy atom. The van der Waals surface area contributed by atoms with Gasteiger partial charge < -0.3 is 10.3 Å². The molecular formula is C22H23FN4. The van der Waals surface area contributed by atoms with E-state index in [-0.39, 0.29) is 5.82 Å². The lowest BCUT2D eigenvalue weighted by atomic mass is 10.0. The molecule has 0 aliphatic carbocycles. The third-order valence-corrected chi connectivity index (χ3v) is 4.85. The fourth-order valence-corrected chi connectivity index (χ4v) is 3.40. The number of nitrogens with zero attached hydrogens (tertiary/aromatic N) is 2. The Bertz CT molecular complexity index is 1110. The molecule has 0 fully saturated rings. The Labute approximate surface area is 157 Å². The number of rotatable bonds is 7. The molecule has 0 atom stereocenters. The molecule has 2 heterocycles. The van der Waals surface area contributed by atoms with Gasteiger partial charge in [-0.15, -0.1) is 0 Å². The van der Waals surface area contributed by atoms with E-state index in [0.29, 0.717) is 0 Å². The minimum atomic E-state index is -0.234. The Kier molecular flexibility index (Phi) is 4.67. The summed E-state index contributed by atoms with van der Waals surface area (Å²) in [5.74, 6) is -0.234. The summed E-state index contributed by atoms with van der Waals surface area (Å²) in [7, 11) is 0. The summed E-state index contributed by atoms with van der Waals surface area (Å²) < 4.78 is 15.4. The zero-order valence-electron chi connectivity index (χ0n) is 15.4. The van der Waals surface area contributed by atoms with Gasteiger partial charge >= 0.3 is 0 Å². The van der Waals surface area contributed by atoms with Gasteiger partial charge in [0.2, 0.25) is 0 Å². The third-order valence-electron chi connectivity index (χ3n) is 4.85. The number of hydrogen-bond acceptors (Lipinski definition) is 2. The van der Waals surface area contributed by atoms with E-state index in [2.05, 4.69) is 47.1 Å². The van der Waals surface area contributed by atoms with Crippen molar-refractivity contribution in [2.24, 2.45) is 0 Å². The van der Waals surface area contributed by atoms with Crippen LogP contribution in [0.3, 0.4) is 0 Å². The standard InChI is InChI=1S/C22H23FN4/c1-3-9-24-15(2)8-10-27-22-7-4-16(11-17(22)13-26-27)20-14-25-21-12-18(23)5-6-19(20)21/h4-7,11-14,24-25H,2-3,8-10H2,1H3. The summed E-state index contributed by atoms with van der Waals surface area (Å²) in [6.45, 7) is 7.97. The third kappa shape index (κ3) is 3.45. The predicted molar refractivity (Wildman–Crippen MR) is 109 cm³/mol. The van der Waals surface area contributed by atoms with Crippen LogP contribution in [0.2, 0.25) is 0 Å². The van der Waals surface area contributed by atoms with Crippen molar-refractivity contribution in [2.75, 3.05) is 6.54 Å². The first-order chi connectivity index (χ1) is 13.2. The van der Waals surface area contributed by atoms with Gasteiger partial charge in [0.05, 0.1) is 11.7 Å². The maximum absolute atomic E-state index is 13.4. The number of benzene rings is 2. The Hall–Kier alpha value is -3.08. The number of nitrogens with one attached hydrogen (secondary N) is 2. The molecule has 27 heavy (non-hydrogen) atoms. The molecule has 0 amide bonds. The molecule has 0 unspecified atom stereocenters. The first-order valence-corrected chi connectivity index (χ1v) is 9.30. The van der Waals surface area contributed by atoms with E-state index in [1.54, 1.807) is 0 Å². The molecule has 0 aliphatic heterocycles. The van der Waals surface area contributed by atoms with Gasteiger partial charge in [0.1, 0.15) is 5.82 Å². The fourth-order valence-electron chi connectivity index (χ4n) is 3.40. The molecule has 0 radical (unpaired) electrons. The lowest BCUT2D eigenvalue weighted by Gasteiger charge is -2.09. The van der Waals surface area contributed by atoms with Crippen molar-refractivity contribution < 1.29 is 4.39 Å². The monoisotopic (exact) mass is 362 g/mol. The van der Waals surface area contributed by atoms with Crippen LogP contribution in [-0.2, 0) is 6.54 Å². The Balaban J connectivity index is 1.59. The van der Waals surface area contributed by atoms with Crippen LogP contribution in [0.5, 0.6) is 0 Å². The number of halogens is 1. The summed E-state index contributed by atoms with van der Waals surface area (Å²) in [6.07, 6.45) is 5.77. The molecule has 4 nitrogen and oxygen atoms in total. The molecule has 2 N–H and O–H groups in total. The minimum absolute atomic E-state index is 0.234. The molecule has 2 aromatic carbocycles. The van der Waals surface area contributed by atoms with Gasteiger partial charge in [-0.1, -0.05) is 19.6 Å². The molecule has 2 aromatic heterocycles. The van der Waals surface area contributed by atoms with Crippen LogP contribution in [0.4, 0.5) is 4.39 Å². The highest BCUT2D eigenvalue weighted by Gasteiger charge is 2.10. The minimum Gasteiger partial charge on any atom is -0.389 e. The van der Waals surface area contributed by atoms with Crippen LogP contribution >= 0.6 is 0 Å². The normalized spacial score (nSPS) is 11.3. The van der Waals surface area contributed by atoms with Crippen LogP contribution in [0, 0.1) is 5.82 Å².